The molecular weight excluding hydrogens is 204 g/mol. The van der Waals surface area contributed by atoms with Gasteiger partial charge in [-0.3, -0.25) is 9.20 Å². The molecule has 5 nitrogen and oxygen atoms in total. The van der Waals surface area contributed by atoms with E-state index in [4.69, 9.17) is 5.73 Å². The van der Waals surface area contributed by atoms with Gasteiger partial charge in [-0.2, -0.15) is 0 Å². The van der Waals surface area contributed by atoms with Crippen LogP contribution in [-0.2, 0) is 0 Å². The molecule has 0 bridgehead atoms. The first-order valence-corrected chi connectivity index (χ1v) is 4.79. The largest absolute Gasteiger partial charge is 0.364 e. The van der Waals surface area contributed by atoms with E-state index >= 15 is 0 Å². The Balaban J connectivity index is 2.41. The van der Waals surface area contributed by atoms with Crippen molar-refractivity contribution < 1.29 is 4.79 Å². The molecule has 0 spiro atoms. The lowest BCUT2D eigenvalue weighted by Crippen LogP contribution is -2.13. The SMILES string of the molecule is NC(=O)c1ccn2c(n1)nc1ccccc12. The second kappa shape index (κ2) is 3.03. The summed E-state index contributed by atoms with van der Waals surface area (Å²) >= 11 is 0. The molecule has 0 radical (unpaired) electrons. The molecule has 2 N–H and O–H groups in total. The molecule has 2 aromatic heterocycles. The van der Waals surface area contributed by atoms with Gasteiger partial charge in [-0.25, -0.2) is 9.97 Å². The molecule has 0 saturated heterocycles. The van der Waals surface area contributed by atoms with Crippen molar-refractivity contribution in [2.45, 2.75) is 0 Å². The van der Waals surface area contributed by atoms with E-state index in [-0.39, 0.29) is 5.69 Å². The third-order valence-corrected chi connectivity index (χ3v) is 2.43. The number of aromatic nitrogens is 3. The first-order chi connectivity index (χ1) is 7.75. The summed E-state index contributed by atoms with van der Waals surface area (Å²) in [6.45, 7) is 0. The lowest BCUT2D eigenvalue weighted by Gasteiger charge is -1.96. The number of para-hydroxylation sites is 2. The van der Waals surface area contributed by atoms with Crippen LogP contribution in [0.4, 0.5) is 0 Å². The number of primary amides is 1. The van der Waals surface area contributed by atoms with Crippen LogP contribution in [-0.4, -0.2) is 20.3 Å². The lowest BCUT2D eigenvalue weighted by molar-refractivity contribution is 0.0995. The molecule has 16 heavy (non-hydrogen) atoms. The van der Waals surface area contributed by atoms with Gasteiger partial charge in [-0.15, -0.1) is 0 Å². The number of imidazole rings is 1. The molecule has 0 aliphatic heterocycles. The number of benzene rings is 1. The average Bonchev–Trinajstić information content (AvgIpc) is 2.66. The minimum Gasteiger partial charge on any atom is -0.364 e. The van der Waals surface area contributed by atoms with Crippen molar-refractivity contribution in [1.82, 2.24) is 14.4 Å². The summed E-state index contributed by atoms with van der Waals surface area (Å²) in [5.74, 6) is -0.0629. The van der Waals surface area contributed by atoms with Crippen LogP contribution in [0.25, 0.3) is 16.8 Å². The van der Waals surface area contributed by atoms with Crippen LogP contribution < -0.4 is 5.73 Å². The Labute approximate surface area is 90.5 Å². The van der Waals surface area contributed by atoms with E-state index in [2.05, 4.69) is 9.97 Å². The Morgan fingerprint density at radius 2 is 2.00 bits per heavy atom. The Hall–Kier alpha value is -2.43. The molecule has 0 aliphatic rings. The summed E-state index contributed by atoms with van der Waals surface area (Å²) in [6, 6.07) is 9.26. The third-order valence-electron chi connectivity index (χ3n) is 2.43. The molecule has 0 aliphatic carbocycles. The van der Waals surface area contributed by atoms with Crippen LogP contribution >= 0.6 is 0 Å². The number of hydrogen-bond acceptors (Lipinski definition) is 3. The quantitative estimate of drug-likeness (QED) is 0.653. The first-order valence-electron chi connectivity index (χ1n) is 4.79. The predicted molar refractivity (Wildman–Crippen MR) is 59.0 cm³/mol. The maximum atomic E-state index is 11.0. The van der Waals surface area contributed by atoms with Gasteiger partial charge in [-0.1, -0.05) is 12.1 Å². The molecule has 78 valence electrons. The van der Waals surface area contributed by atoms with Crippen LogP contribution in [0.5, 0.6) is 0 Å². The molecule has 3 rings (SSSR count). The Morgan fingerprint density at radius 3 is 2.81 bits per heavy atom. The van der Waals surface area contributed by atoms with Gasteiger partial charge in [0.05, 0.1) is 11.0 Å². The molecule has 2 heterocycles. The van der Waals surface area contributed by atoms with Gasteiger partial charge in [0.25, 0.3) is 5.91 Å². The average molecular weight is 212 g/mol. The molecule has 0 saturated carbocycles. The van der Waals surface area contributed by atoms with Crippen LogP contribution in [0.2, 0.25) is 0 Å². The number of fused-ring (bicyclic) bond motifs is 3. The van der Waals surface area contributed by atoms with Crippen molar-refractivity contribution in [2.75, 3.05) is 0 Å². The maximum absolute atomic E-state index is 11.0. The van der Waals surface area contributed by atoms with Crippen molar-refractivity contribution in [1.29, 1.82) is 0 Å². The fourth-order valence-electron chi connectivity index (χ4n) is 1.68. The fourth-order valence-corrected chi connectivity index (χ4v) is 1.68. The van der Waals surface area contributed by atoms with E-state index in [0.717, 1.165) is 11.0 Å². The molecule has 5 heteroatoms. The van der Waals surface area contributed by atoms with Crippen molar-refractivity contribution in [2.24, 2.45) is 5.73 Å². The zero-order chi connectivity index (χ0) is 11.1. The van der Waals surface area contributed by atoms with Crippen molar-refractivity contribution in [3.8, 4) is 0 Å². The molecular formula is C11H8N4O. The summed E-state index contributed by atoms with van der Waals surface area (Å²) in [6.07, 6.45) is 1.75. The summed E-state index contributed by atoms with van der Waals surface area (Å²) in [5.41, 5.74) is 7.19. The van der Waals surface area contributed by atoms with Crippen LogP contribution in [0.15, 0.2) is 36.5 Å². The molecule has 0 fully saturated rings. The van der Waals surface area contributed by atoms with Crippen LogP contribution in [0.1, 0.15) is 10.5 Å². The number of rotatable bonds is 1. The highest BCUT2D eigenvalue weighted by Crippen LogP contribution is 2.14. The van der Waals surface area contributed by atoms with E-state index in [1.807, 2.05) is 28.7 Å². The summed E-state index contributed by atoms with van der Waals surface area (Å²) in [5, 5.41) is 0. The molecule has 1 amide bonds. The predicted octanol–water partition coefficient (Wildman–Crippen LogP) is 0.981. The van der Waals surface area contributed by atoms with E-state index < -0.39 is 5.91 Å². The van der Waals surface area contributed by atoms with Crippen molar-refractivity contribution in [3.63, 3.8) is 0 Å². The highest BCUT2D eigenvalue weighted by Gasteiger charge is 2.07. The highest BCUT2D eigenvalue weighted by atomic mass is 16.1. The summed E-state index contributed by atoms with van der Waals surface area (Å²) < 4.78 is 1.82. The van der Waals surface area contributed by atoms with Gasteiger partial charge in [0.15, 0.2) is 0 Å². The first kappa shape index (κ1) is 8.84. The van der Waals surface area contributed by atoms with Crippen LogP contribution in [0, 0.1) is 0 Å². The topological polar surface area (TPSA) is 73.3 Å². The summed E-state index contributed by atoms with van der Waals surface area (Å²) in [4.78, 5) is 19.4. The van der Waals surface area contributed by atoms with Gasteiger partial charge in [0.1, 0.15) is 5.69 Å². The van der Waals surface area contributed by atoms with Crippen molar-refractivity contribution in [3.05, 3.63) is 42.2 Å². The molecule has 0 unspecified atom stereocenters. The lowest BCUT2D eigenvalue weighted by atomic mass is 10.3. The van der Waals surface area contributed by atoms with Gasteiger partial charge < -0.3 is 5.73 Å². The molecule has 0 atom stereocenters. The van der Waals surface area contributed by atoms with Gasteiger partial charge in [0.2, 0.25) is 5.78 Å². The fraction of sp³-hybridized carbons (Fsp3) is 0. The Bertz CT molecular complexity index is 701. The Kier molecular flexibility index (Phi) is 1.67. The number of nitrogens with zero attached hydrogens (tertiary/aromatic N) is 3. The van der Waals surface area contributed by atoms with Crippen LogP contribution in [0.3, 0.4) is 0 Å². The van der Waals surface area contributed by atoms with E-state index in [0.29, 0.717) is 5.78 Å². The van der Waals surface area contributed by atoms with E-state index in [1.54, 1.807) is 12.3 Å². The second-order valence-corrected chi connectivity index (χ2v) is 3.45. The van der Waals surface area contributed by atoms with E-state index in [9.17, 15) is 4.79 Å². The normalized spacial score (nSPS) is 11.0. The third kappa shape index (κ3) is 1.15. The smallest absolute Gasteiger partial charge is 0.267 e. The number of amides is 1. The summed E-state index contributed by atoms with van der Waals surface area (Å²) in [7, 11) is 0. The zero-order valence-electron chi connectivity index (χ0n) is 8.29. The minimum absolute atomic E-state index is 0.225. The monoisotopic (exact) mass is 212 g/mol. The van der Waals surface area contributed by atoms with E-state index in [1.165, 1.54) is 0 Å². The van der Waals surface area contributed by atoms with Gasteiger partial charge >= 0.3 is 0 Å². The Morgan fingerprint density at radius 1 is 1.19 bits per heavy atom. The van der Waals surface area contributed by atoms with Gasteiger partial charge in [-0.05, 0) is 18.2 Å². The number of nitrogens with two attached hydrogens (primary N) is 1. The number of carbonyl (C=O) groups is 1. The highest BCUT2D eigenvalue weighted by molar-refractivity contribution is 5.91. The zero-order valence-corrected chi connectivity index (χ0v) is 8.29. The van der Waals surface area contributed by atoms with Crippen molar-refractivity contribution >= 4 is 22.7 Å². The standard InChI is InChI=1S/C11H8N4O/c12-10(16)8-5-6-15-9-4-2-1-3-7(9)13-11(15)14-8/h1-6H,(H2,12,16). The second-order valence-electron chi connectivity index (χ2n) is 3.45. The number of hydrogen-bond donors (Lipinski definition) is 1. The number of carbonyl (C=O) groups excluding carboxylic acids is 1. The minimum atomic E-state index is -0.547. The maximum Gasteiger partial charge on any atom is 0.267 e. The van der Waals surface area contributed by atoms with Gasteiger partial charge in [0, 0.05) is 6.20 Å². The molecule has 1 aromatic carbocycles. The molecule has 3 aromatic rings.